The van der Waals surface area contributed by atoms with Crippen molar-refractivity contribution in [1.29, 1.82) is 0 Å². The maximum Gasteiger partial charge on any atom is 0.0195 e. The molecule has 4 aromatic carbocycles. The number of fused-ring (bicyclic) bond motifs is 1. The Labute approximate surface area is 290 Å². The summed E-state index contributed by atoms with van der Waals surface area (Å²) in [5.41, 5.74) is 9.47. The summed E-state index contributed by atoms with van der Waals surface area (Å²) in [5.74, 6) is 1.33. The average Bonchev–Trinajstić information content (AvgIpc) is 3.08. The minimum atomic E-state index is -0.199. The average molecular weight is 758 g/mol. The van der Waals surface area contributed by atoms with E-state index in [1.165, 1.54) is 65.1 Å². The third-order valence-corrected chi connectivity index (χ3v) is 8.96. The van der Waals surface area contributed by atoms with Gasteiger partial charge in [0, 0.05) is 31.5 Å². The van der Waals surface area contributed by atoms with Crippen LogP contribution in [0.4, 0.5) is 5.69 Å². The van der Waals surface area contributed by atoms with Crippen LogP contribution in [-0.2, 0) is 25.8 Å². The molecule has 0 aliphatic heterocycles. The Balaban J connectivity index is 0.00000151. The summed E-state index contributed by atoms with van der Waals surface area (Å²) in [7, 11) is 0. The first kappa shape index (κ1) is 34.8. The summed E-state index contributed by atoms with van der Waals surface area (Å²) in [6.45, 7) is 14.1. The van der Waals surface area contributed by atoms with E-state index in [0.717, 1.165) is 22.6 Å². The van der Waals surface area contributed by atoms with Gasteiger partial charge in [0.25, 0.3) is 0 Å². The monoisotopic (exact) mass is 759 g/mol. The zero-order chi connectivity index (χ0) is 31.1. The van der Waals surface area contributed by atoms with Crippen molar-refractivity contribution in [2.45, 2.75) is 90.5 Å². The summed E-state index contributed by atoms with van der Waals surface area (Å²) < 4.78 is 0. The van der Waals surface area contributed by atoms with Gasteiger partial charge in [-0.05, 0) is 54.0 Å². The summed E-state index contributed by atoms with van der Waals surface area (Å²) in [5, 5.41) is 8.10. The minimum Gasteiger partial charge on any atom is -0.673 e. The van der Waals surface area contributed by atoms with E-state index >= 15 is 0 Å². The molecule has 0 amide bonds. The van der Waals surface area contributed by atoms with Crippen molar-refractivity contribution in [3.8, 4) is 11.3 Å². The molecule has 2 nitrogen and oxygen atoms in total. The van der Waals surface area contributed by atoms with Crippen LogP contribution in [0.25, 0.3) is 27.3 Å². The summed E-state index contributed by atoms with van der Waals surface area (Å²) >= 11 is 0. The quantitative estimate of drug-likeness (QED) is 0.114. The molecule has 1 aliphatic carbocycles. The van der Waals surface area contributed by atoms with E-state index in [1.54, 1.807) is 6.92 Å². The molecule has 0 radical (unpaired) electrons. The first-order valence-electron chi connectivity index (χ1n) is 16.5. The van der Waals surface area contributed by atoms with Crippen molar-refractivity contribution >= 4 is 16.5 Å². The molecule has 0 N–H and O–H groups in total. The van der Waals surface area contributed by atoms with Gasteiger partial charge in [0.05, 0.1) is 0 Å². The van der Waals surface area contributed by atoms with E-state index < -0.39 is 0 Å². The number of benzene rings is 4. The third kappa shape index (κ3) is 7.86. The Kier molecular flexibility index (Phi) is 12.8. The molecule has 5 aromatic rings. The molecule has 1 unspecified atom stereocenters. The number of para-hydroxylation sites is 1. The molecular formula is C42H47HfN2-3. The van der Waals surface area contributed by atoms with Crippen molar-refractivity contribution in [1.82, 2.24) is 4.98 Å². The molecule has 6 rings (SSSR count). The molecule has 0 bridgehead atoms. The third-order valence-electron chi connectivity index (χ3n) is 8.96. The Morgan fingerprint density at radius 1 is 0.711 bits per heavy atom. The number of hydrogen-bond acceptors (Lipinski definition) is 1. The van der Waals surface area contributed by atoms with Crippen LogP contribution in [0, 0.1) is 13.0 Å². The molecule has 1 fully saturated rings. The van der Waals surface area contributed by atoms with Crippen LogP contribution in [0.15, 0.2) is 97.1 Å². The number of rotatable bonds is 8. The van der Waals surface area contributed by atoms with E-state index in [0.29, 0.717) is 17.8 Å². The molecule has 3 heteroatoms. The molecule has 0 saturated heterocycles. The van der Waals surface area contributed by atoms with Crippen LogP contribution in [0.5, 0.6) is 0 Å². The van der Waals surface area contributed by atoms with Gasteiger partial charge in [-0.1, -0.05) is 148 Å². The normalized spacial score (nSPS) is 14.0. The topological polar surface area (TPSA) is 27.0 Å². The molecule has 1 aromatic heterocycles. The fourth-order valence-electron chi connectivity index (χ4n) is 6.75. The zero-order valence-electron chi connectivity index (χ0n) is 27.7. The second-order valence-electron chi connectivity index (χ2n) is 12.5. The van der Waals surface area contributed by atoms with Gasteiger partial charge in [-0.2, -0.15) is 6.92 Å². The molecule has 1 heterocycles. The maximum atomic E-state index is 5.72. The van der Waals surface area contributed by atoms with Crippen LogP contribution >= 0.6 is 0 Å². The fourth-order valence-corrected chi connectivity index (χ4v) is 6.75. The van der Waals surface area contributed by atoms with Gasteiger partial charge in [-0.3, -0.25) is 0 Å². The van der Waals surface area contributed by atoms with Crippen LogP contribution < -0.4 is 0 Å². The standard InChI is InChI=1S/C40H42N2.C2H5.Hf/c1-27(2)31-22-13-23-32(28(3)4)39(31)42-40(36-21-11-10-20-34(36)29-15-6-5-7-16-29)38-26-14-25-37(41-38)35-24-12-18-30-17-8-9-19-33(30)35;1-2;/h8-14,17-23,25-29,40H,5-7,15-16H2,1-4H3;1H2,2H3;/q-2;-1;. The first-order valence-corrected chi connectivity index (χ1v) is 16.5. The second kappa shape index (κ2) is 16.5. The predicted octanol–water partition coefficient (Wildman–Crippen LogP) is 12.6. The zero-order valence-corrected chi connectivity index (χ0v) is 31.3. The van der Waals surface area contributed by atoms with Crippen LogP contribution in [0.1, 0.15) is 118 Å². The summed E-state index contributed by atoms with van der Waals surface area (Å²) in [6, 6.07) is 38.2. The first-order chi connectivity index (χ1) is 21.5. The van der Waals surface area contributed by atoms with Crippen LogP contribution in [0.3, 0.4) is 0 Å². The second-order valence-corrected chi connectivity index (χ2v) is 12.5. The van der Waals surface area contributed by atoms with E-state index in [4.69, 9.17) is 10.3 Å². The Hall–Kier alpha value is -3.04. The van der Waals surface area contributed by atoms with Gasteiger partial charge in [0.1, 0.15) is 0 Å². The number of hydrogen-bond donors (Lipinski definition) is 0. The SMILES string of the molecule is CC(C)c1cccc(C(C)C)c1[N-]C(c1cccc(-c2[c-]ccc3ccccc23)n1)c1ccccc1C1CCCCC1.[CH2-]C.[Hf]. The molecule has 1 saturated carbocycles. The number of aromatic nitrogens is 1. The fraction of sp³-hybridized carbons (Fsp3) is 0.333. The van der Waals surface area contributed by atoms with Gasteiger partial charge in [0.15, 0.2) is 0 Å². The van der Waals surface area contributed by atoms with Gasteiger partial charge < -0.3 is 17.2 Å². The molecular weight excluding hydrogens is 711 g/mol. The van der Waals surface area contributed by atoms with Crippen molar-refractivity contribution in [3.63, 3.8) is 0 Å². The van der Waals surface area contributed by atoms with E-state index in [-0.39, 0.29) is 31.9 Å². The van der Waals surface area contributed by atoms with E-state index in [1.807, 2.05) is 6.07 Å². The Bertz CT molecular complexity index is 1630. The largest absolute Gasteiger partial charge is 0.673 e. The smallest absolute Gasteiger partial charge is 0.0195 e. The predicted molar refractivity (Wildman–Crippen MR) is 189 cm³/mol. The van der Waals surface area contributed by atoms with Crippen molar-refractivity contribution in [2.24, 2.45) is 0 Å². The molecule has 1 aliphatic rings. The summed E-state index contributed by atoms with van der Waals surface area (Å²) in [4.78, 5) is 5.38. The Morgan fingerprint density at radius 3 is 2.04 bits per heavy atom. The molecule has 0 spiro atoms. The van der Waals surface area contributed by atoms with E-state index in [9.17, 15) is 0 Å². The van der Waals surface area contributed by atoms with E-state index in [2.05, 4.69) is 132 Å². The van der Waals surface area contributed by atoms with Crippen LogP contribution in [-0.4, -0.2) is 4.98 Å². The number of nitrogens with zero attached hydrogens (tertiary/aromatic N) is 2. The van der Waals surface area contributed by atoms with Crippen molar-refractivity contribution in [3.05, 3.63) is 143 Å². The molecule has 45 heavy (non-hydrogen) atoms. The number of pyridine rings is 1. The minimum absolute atomic E-state index is 0. The maximum absolute atomic E-state index is 5.72. The van der Waals surface area contributed by atoms with Crippen molar-refractivity contribution < 1.29 is 25.8 Å². The van der Waals surface area contributed by atoms with Gasteiger partial charge in [-0.25, -0.2) is 0 Å². The van der Waals surface area contributed by atoms with Gasteiger partial charge in [-0.15, -0.1) is 34.8 Å². The van der Waals surface area contributed by atoms with Crippen LogP contribution in [0.2, 0.25) is 0 Å². The van der Waals surface area contributed by atoms with Gasteiger partial charge in [0.2, 0.25) is 0 Å². The Morgan fingerprint density at radius 2 is 1.33 bits per heavy atom. The molecule has 232 valence electrons. The summed E-state index contributed by atoms with van der Waals surface area (Å²) in [6.07, 6.45) is 6.46. The van der Waals surface area contributed by atoms with Gasteiger partial charge >= 0.3 is 0 Å². The molecule has 1 atom stereocenters. The van der Waals surface area contributed by atoms with Crippen molar-refractivity contribution in [2.75, 3.05) is 0 Å².